The highest BCUT2D eigenvalue weighted by atomic mass is 35.5. The summed E-state index contributed by atoms with van der Waals surface area (Å²) in [7, 11) is 0. The Hall–Kier alpha value is -0.970. The van der Waals surface area contributed by atoms with E-state index >= 15 is 0 Å². The predicted octanol–water partition coefficient (Wildman–Crippen LogP) is 3.76. The molecule has 4 N–H and O–H groups in total. The Kier molecular flexibility index (Phi) is 8.61. The highest BCUT2D eigenvalue weighted by Crippen LogP contribution is 2.25. The van der Waals surface area contributed by atoms with Crippen molar-refractivity contribution >= 4 is 29.2 Å². The van der Waals surface area contributed by atoms with Crippen molar-refractivity contribution in [3.63, 3.8) is 0 Å². The molecule has 0 heterocycles. The third-order valence-electron chi connectivity index (χ3n) is 3.55. The Morgan fingerprint density at radius 3 is 2.68 bits per heavy atom. The minimum Gasteiger partial charge on any atom is -0.396 e. The van der Waals surface area contributed by atoms with Gasteiger partial charge < -0.3 is 16.2 Å². The lowest BCUT2D eigenvalue weighted by atomic mass is 10.0. The zero-order valence-electron chi connectivity index (χ0n) is 13.1. The van der Waals surface area contributed by atoms with Crippen molar-refractivity contribution in [1.29, 1.82) is 0 Å². The number of halogens is 2. The summed E-state index contributed by atoms with van der Waals surface area (Å²) in [6, 6.07) is 5.33. The predicted molar refractivity (Wildman–Crippen MR) is 94.6 cm³/mol. The molecule has 0 spiro atoms. The van der Waals surface area contributed by atoms with Crippen LogP contribution in [0.25, 0.3) is 0 Å². The highest BCUT2D eigenvalue weighted by molar-refractivity contribution is 6.35. The first kappa shape index (κ1) is 19.1. The third kappa shape index (κ3) is 6.42. The van der Waals surface area contributed by atoms with Gasteiger partial charge in [0.15, 0.2) is 5.96 Å². The number of rotatable bonds is 8. The van der Waals surface area contributed by atoms with Crippen LogP contribution in [0.2, 0.25) is 10.0 Å². The van der Waals surface area contributed by atoms with E-state index in [4.69, 9.17) is 34.0 Å². The van der Waals surface area contributed by atoms with Gasteiger partial charge in [0.2, 0.25) is 0 Å². The third-order valence-corrected chi connectivity index (χ3v) is 4.11. The molecule has 0 aliphatic carbocycles. The number of nitrogens with one attached hydrogen (secondary N) is 1. The van der Waals surface area contributed by atoms with Crippen LogP contribution in [-0.4, -0.2) is 24.2 Å². The van der Waals surface area contributed by atoms with Gasteiger partial charge in [-0.15, -0.1) is 0 Å². The van der Waals surface area contributed by atoms with E-state index in [0.717, 1.165) is 24.8 Å². The molecule has 0 amide bonds. The first-order chi connectivity index (χ1) is 10.5. The molecule has 124 valence electrons. The molecule has 6 heteroatoms. The van der Waals surface area contributed by atoms with E-state index in [0.29, 0.717) is 28.5 Å². The van der Waals surface area contributed by atoms with Gasteiger partial charge in [0.1, 0.15) is 0 Å². The molecule has 0 radical (unpaired) electrons. The van der Waals surface area contributed by atoms with E-state index in [-0.39, 0.29) is 12.6 Å². The minimum absolute atomic E-state index is 0.0593. The fourth-order valence-electron chi connectivity index (χ4n) is 2.34. The first-order valence-corrected chi connectivity index (χ1v) is 8.35. The van der Waals surface area contributed by atoms with Crippen molar-refractivity contribution in [3.05, 3.63) is 33.8 Å². The number of hydrogen-bond donors (Lipinski definition) is 3. The summed E-state index contributed by atoms with van der Waals surface area (Å²) < 4.78 is 0. The second-order valence-electron chi connectivity index (χ2n) is 5.42. The summed E-state index contributed by atoms with van der Waals surface area (Å²) in [6.07, 6.45) is 2.86. The summed E-state index contributed by atoms with van der Waals surface area (Å²) in [4.78, 5) is 4.38. The van der Waals surface area contributed by atoms with Crippen molar-refractivity contribution in [3.8, 4) is 0 Å². The molecule has 2 atom stereocenters. The first-order valence-electron chi connectivity index (χ1n) is 7.60. The van der Waals surface area contributed by atoms with Crippen LogP contribution < -0.4 is 11.1 Å². The van der Waals surface area contributed by atoms with Gasteiger partial charge in [0.25, 0.3) is 0 Å². The van der Waals surface area contributed by atoms with E-state index < -0.39 is 0 Å². The van der Waals surface area contributed by atoms with Crippen LogP contribution in [0.1, 0.15) is 44.7 Å². The molecule has 0 saturated carbocycles. The lowest BCUT2D eigenvalue weighted by molar-refractivity contribution is 0.253. The van der Waals surface area contributed by atoms with Gasteiger partial charge >= 0.3 is 0 Å². The number of nitrogens with two attached hydrogens (primary N) is 1. The average Bonchev–Trinajstić information content (AvgIpc) is 2.45. The Bertz CT molecular complexity index is 488. The zero-order chi connectivity index (χ0) is 16.5. The van der Waals surface area contributed by atoms with Crippen molar-refractivity contribution in [2.75, 3.05) is 13.2 Å². The standard InChI is InChI=1S/C16H25Cl2N3O/c1-3-4-12(7-8-22)10-20-16(19)21-11(2)14-6-5-13(17)9-15(14)18/h5-6,9,11-12,22H,3-4,7-8,10H2,1-2H3,(H3,19,20,21). The Morgan fingerprint density at radius 2 is 2.09 bits per heavy atom. The second kappa shape index (κ2) is 9.93. The number of aliphatic imine (C=N–C) groups is 1. The molecule has 0 aliphatic rings. The van der Waals surface area contributed by atoms with E-state index in [9.17, 15) is 0 Å². The maximum Gasteiger partial charge on any atom is 0.189 e. The largest absolute Gasteiger partial charge is 0.396 e. The molecule has 4 nitrogen and oxygen atoms in total. The van der Waals surface area contributed by atoms with Gasteiger partial charge in [-0.25, -0.2) is 0 Å². The number of aliphatic hydroxyl groups is 1. The quantitative estimate of drug-likeness (QED) is 0.496. The summed E-state index contributed by atoms with van der Waals surface area (Å²) in [5.74, 6) is 0.752. The molecule has 1 aromatic rings. The Labute approximate surface area is 142 Å². The molecule has 0 fully saturated rings. The van der Waals surface area contributed by atoms with Gasteiger partial charge in [0.05, 0.1) is 6.04 Å². The Balaban J connectivity index is 2.62. The molecular weight excluding hydrogens is 321 g/mol. The van der Waals surface area contributed by atoms with Gasteiger partial charge in [-0.1, -0.05) is 42.6 Å². The zero-order valence-corrected chi connectivity index (χ0v) is 14.7. The highest BCUT2D eigenvalue weighted by Gasteiger charge is 2.11. The molecule has 22 heavy (non-hydrogen) atoms. The van der Waals surface area contributed by atoms with Gasteiger partial charge in [-0.05, 0) is 43.4 Å². The number of nitrogens with zero attached hydrogens (tertiary/aromatic N) is 1. The summed E-state index contributed by atoms with van der Waals surface area (Å²) in [5, 5.41) is 13.4. The van der Waals surface area contributed by atoms with E-state index in [1.54, 1.807) is 12.1 Å². The van der Waals surface area contributed by atoms with Crippen LogP contribution in [0.5, 0.6) is 0 Å². The number of guanidine groups is 1. The molecular formula is C16H25Cl2N3O. The summed E-state index contributed by atoms with van der Waals surface area (Å²) in [5.41, 5.74) is 6.86. The van der Waals surface area contributed by atoms with Crippen LogP contribution >= 0.6 is 23.2 Å². The molecule has 1 aromatic carbocycles. The summed E-state index contributed by atoms with van der Waals surface area (Å²) >= 11 is 12.1. The molecule has 0 aromatic heterocycles. The van der Waals surface area contributed by atoms with Crippen molar-refractivity contribution in [2.24, 2.45) is 16.6 Å². The van der Waals surface area contributed by atoms with Gasteiger partial charge in [-0.3, -0.25) is 4.99 Å². The molecule has 0 bridgehead atoms. The molecule has 1 rings (SSSR count). The Morgan fingerprint density at radius 1 is 1.36 bits per heavy atom. The topological polar surface area (TPSA) is 70.6 Å². The second-order valence-corrected chi connectivity index (χ2v) is 6.27. The molecule has 2 unspecified atom stereocenters. The number of benzene rings is 1. The van der Waals surface area contributed by atoms with E-state index in [1.165, 1.54) is 0 Å². The SMILES string of the molecule is CCCC(CCO)CN=C(N)NC(C)c1ccc(Cl)cc1Cl. The maximum absolute atomic E-state index is 9.05. The smallest absolute Gasteiger partial charge is 0.189 e. The van der Waals surface area contributed by atoms with Gasteiger partial charge in [0, 0.05) is 23.2 Å². The average molecular weight is 346 g/mol. The van der Waals surface area contributed by atoms with Crippen LogP contribution in [0.15, 0.2) is 23.2 Å². The minimum atomic E-state index is -0.0593. The fourth-order valence-corrected chi connectivity index (χ4v) is 2.92. The molecule has 0 aliphatic heterocycles. The normalized spacial score (nSPS) is 14.7. The lowest BCUT2D eigenvalue weighted by Crippen LogP contribution is -2.34. The van der Waals surface area contributed by atoms with Crippen molar-refractivity contribution in [2.45, 2.75) is 39.2 Å². The van der Waals surface area contributed by atoms with Crippen molar-refractivity contribution in [1.82, 2.24) is 5.32 Å². The van der Waals surface area contributed by atoms with E-state index in [2.05, 4.69) is 17.2 Å². The van der Waals surface area contributed by atoms with Crippen LogP contribution in [0.4, 0.5) is 0 Å². The molecule has 0 saturated heterocycles. The van der Waals surface area contributed by atoms with Crippen molar-refractivity contribution < 1.29 is 5.11 Å². The maximum atomic E-state index is 9.05. The van der Waals surface area contributed by atoms with Crippen LogP contribution in [0.3, 0.4) is 0 Å². The van der Waals surface area contributed by atoms with Crippen LogP contribution in [0, 0.1) is 5.92 Å². The monoisotopic (exact) mass is 345 g/mol. The number of hydrogen-bond acceptors (Lipinski definition) is 2. The lowest BCUT2D eigenvalue weighted by Gasteiger charge is -2.17. The summed E-state index contributed by atoms with van der Waals surface area (Å²) in [6.45, 7) is 4.90. The fraction of sp³-hybridized carbons (Fsp3) is 0.562. The van der Waals surface area contributed by atoms with Crippen LogP contribution in [-0.2, 0) is 0 Å². The van der Waals surface area contributed by atoms with Gasteiger partial charge in [-0.2, -0.15) is 0 Å². The van der Waals surface area contributed by atoms with E-state index in [1.807, 2.05) is 13.0 Å². The number of aliphatic hydroxyl groups excluding tert-OH is 1.